The van der Waals surface area contributed by atoms with Gasteiger partial charge in [-0.2, -0.15) is 0 Å². The molecule has 0 atom stereocenters. The highest BCUT2D eigenvalue weighted by molar-refractivity contribution is 6.17. The number of benzene rings is 2. The van der Waals surface area contributed by atoms with Crippen molar-refractivity contribution < 1.29 is 4.74 Å². The average Bonchev–Trinajstić information content (AvgIpc) is 2.45. The Hall–Kier alpha value is -1.47. The Morgan fingerprint density at radius 2 is 1.60 bits per heavy atom. The van der Waals surface area contributed by atoms with Crippen molar-refractivity contribution in [2.24, 2.45) is 0 Å². The molecule has 0 N–H and O–H groups in total. The van der Waals surface area contributed by atoms with Crippen LogP contribution in [0.4, 0.5) is 0 Å². The molecule has 0 amide bonds. The van der Waals surface area contributed by atoms with Gasteiger partial charge in [0.2, 0.25) is 0 Å². The molecule has 2 aromatic carbocycles. The quantitative estimate of drug-likeness (QED) is 0.513. The number of hydrogen-bond donors (Lipinski definition) is 0. The van der Waals surface area contributed by atoms with E-state index in [-0.39, 0.29) is 0 Å². The third kappa shape index (κ3) is 3.55. The van der Waals surface area contributed by atoms with E-state index in [4.69, 9.17) is 16.3 Å². The standard InChI is InChI=1S/C18H21ClO/c1-14-8-7-9-15(2)18(14)16-10-3-4-11-17(16)20-13-6-5-12-19/h3-4,7-11H,5-6,12-13H2,1-2H3. The zero-order valence-corrected chi connectivity index (χ0v) is 12.9. The fraction of sp³-hybridized carbons (Fsp3) is 0.333. The zero-order valence-electron chi connectivity index (χ0n) is 12.2. The Morgan fingerprint density at radius 3 is 2.30 bits per heavy atom. The first-order valence-corrected chi connectivity index (χ1v) is 7.62. The average molecular weight is 289 g/mol. The minimum absolute atomic E-state index is 0.696. The number of halogens is 1. The molecule has 0 aromatic heterocycles. The molecule has 2 rings (SSSR count). The van der Waals surface area contributed by atoms with Crippen molar-refractivity contribution in [3.8, 4) is 16.9 Å². The van der Waals surface area contributed by atoms with Gasteiger partial charge in [0.1, 0.15) is 5.75 Å². The van der Waals surface area contributed by atoms with E-state index in [0.29, 0.717) is 12.5 Å². The summed E-state index contributed by atoms with van der Waals surface area (Å²) in [6, 6.07) is 14.6. The molecular weight excluding hydrogens is 268 g/mol. The summed E-state index contributed by atoms with van der Waals surface area (Å²) >= 11 is 5.70. The van der Waals surface area contributed by atoms with Crippen molar-refractivity contribution in [1.29, 1.82) is 0 Å². The van der Waals surface area contributed by atoms with Crippen LogP contribution in [0.5, 0.6) is 5.75 Å². The summed E-state index contributed by atoms with van der Waals surface area (Å²) < 4.78 is 5.94. The summed E-state index contributed by atoms with van der Waals surface area (Å²) in [5.41, 5.74) is 5.01. The van der Waals surface area contributed by atoms with Gasteiger partial charge in [-0.25, -0.2) is 0 Å². The fourth-order valence-corrected chi connectivity index (χ4v) is 2.61. The zero-order chi connectivity index (χ0) is 14.4. The first-order chi connectivity index (χ1) is 9.74. The molecule has 0 aliphatic rings. The van der Waals surface area contributed by atoms with Gasteiger partial charge in [-0.15, -0.1) is 11.6 Å². The molecule has 2 aromatic rings. The Bertz CT molecular complexity index is 543. The van der Waals surface area contributed by atoms with E-state index in [2.05, 4.69) is 44.2 Å². The van der Waals surface area contributed by atoms with Crippen LogP contribution in [0.25, 0.3) is 11.1 Å². The van der Waals surface area contributed by atoms with Crippen LogP contribution in [0.1, 0.15) is 24.0 Å². The lowest BCUT2D eigenvalue weighted by molar-refractivity contribution is 0.311. The highest BCUT2D eigenvalue weighted by atomic mass is 35.5. The van der Waals surface area contributed by atoms with Crippen LogP contribution < -0.4 is 4.74 Å². The van der Waals surface area contributed by atoms with Gasteiger partial charge in [0.05, 0.1) is 6.61 Å². The fourth-order valence-electron chi connectivity index (χ4n) is 2.42. The molecule has 0 unspecified atom stereocenters. The second-order valence-electron chi connectivity index (χ2n) is 5.01. The second-order valence-corrected chi connectivity index (χ2v) is 5.39. The Morgan fingerprint density at radius 1 is 0.900 bits per heavy atom. The van der Waals surface area contributed by atoms with Crippen molar-refractivity contribution in [3.63, 3.8) is 0 Å². The maximum Gasteiger partial charge on any atom is 0.127 e. The Balaban J connectivity index is 2.28. The van der Waals surface area contributed by atoms with Crippen LogP contribution in [0.2, 0.25) is 0 Å². The van der Waals surface area contributed by atoms with Crippen LogP contribution in [0.15, 0.2) is 42.5 Å². The van der Waals surface area contributed by atoms with E-state index in [1.807, 2.05) is 12.1 Å². The van der Waals surface area contributed by atoms with Gasteiger partial charge in [-0.05, 0) is 49.4 Å². The predicted molar refractivity (Wildman–Crippen MR) is 86.8 cm³/mol. The number of rotatable bonds is 6. The van der Waals surface area contributed by atoms with E-state index in [1.54, 1.807) is 0 Å². The SMILES string of the molecule is Cc1cccc(C)c1-c1ccccc1OCCCCCl. The summed E-state index contributed by atoms with van der Waals surface area (Å²) in [5, 5.41) is 0. The number of hydrogen-bond acceptors (Lipinski definition) is 1. The van der Waals surface area contributed by atoms with Crippen molar-refractivity contribution >= 4 is 11.6 Å². The van der Waals surface area contributed by atoms with Crippen molar-refractivity contribution in [2.45, 2.75) is 26.7 Å². The first kappa shape index (κ1) is 14.9. The maximum atomic E-state index is 5.94. The van der Waals surface area contributed by atoms with Crippen LogP contribution >= 0.6 is 11.6 Å². The van der Waals surface area contributed by atoms with Gasteiger partial charge in [-0.1, -0.05) is 36.4 Å². The lowest BCUT2D eigenvalue weighted by atomic mass is 9.95. The van der Waals surface area contributed by atoms with Crippen molar-refractivity contribution in [3.05, 3.63) is 53.6 Å². The summed E-state index contributed by atoms with van der Waals surface area (Å²) in [7, 11) is 0. The minimum Gasteiger partial charge on any atom is -0.493 e. The van der Waals surface area contributed by atoms with E-state index in [9.17, 15) is 0 Å². The molecule has 1 nitrogen and oxygen atoms in total. The number of unbranched alkanes of at least 4 members (excludes halogenated alkanes) is 1. The summed E-state index contributed by atoms with van der Waals surface area (Å²) in [5.74, 6) is 1.65. The molecule has 0 fully saturated rings. The van der Waals surface area contributed by atoms with Gasteiger partial charge >= 0.3 is 0 Å². The summed E-state index contributed by atoms with van der Waals surface area (Å²) in [6.45, 7) is 5.01. The second kappa shape index (κ2) is 7.35. The predicted octanol–water partition coefficient (Wildman–Crippen LogP) is 5.37. The molecule has 0 saturated carbocycles. The monoisotopic (exact) mass is 288 g/mol. The van der Waals surface area contributed by atoms with Crippen molar-refractivity contribution in [2.75, 3.05) is 12.5 Å². The van der Waals surface area contributed by atoms with Crippen molar-refractivity contribution in [1.82, 2.24) is 0 Å². The lowest BCUT2D eigenvalue weighted by Gasteiger charge is -2.15. The molecule has 0 radical (unpaired) electrons. The van der Waals surface area contributed by atoms with Gasteiger partial charge < -0.3 is 4.74 Å². The Kier molecular flexibility index (Phi) is 5.49. The third-order valence-electron chi connectivity index (χ3n) is 3.42. The van der Waals surface area contributed by atoms with E-state index in [0.717, 1.165) is 18.6 Å². The molecule has 0 spiro atoms. The van der Waals surface area contributed by atoms with Crippen LogP contribution in [0, 0.1) is 13.8 Å². The highest BCUT2D eigenvalue weighted by Gasteiger charge is 2.10. The van der Waals surface area contributed by atoms with E-state index in [1.165, 1.54) is 22.3 Å². The summed E-state index contributed by atoms with van der Waals surface area (Å²) in [6.07, 6.45) is 1.98. The maximum absolute atomic E-state index is 5.94. The van der Waals surface area contributed by atoms with E-state index >= 15 is 0 Å². The van der Waals surface area contributed by atoms with Crippen LogP contribution in [-0.4, -0.2) is 12.5 Å². The van der Waals surface area contributed by atoms with Crippen LogP contribution in [-0.2, 0) is 0 Å². The van der Waals surface area contributed by atoms with E-state index < -0.39 is 0 Å². The number of ether oxygens (including phenoxy) is 1. The third-order valence-corrected chi connectivity index (χ3v) is 3.69. The van der Waals surface area contributed by atoms with Gasteiger partial charge in [0.25, 0.3) is 0 Å². The lowest BCUT2D eigenvalue weighted by Crippen LogP contribution is -2.00. The first-order valence-electron chi connectivity index (χ1n) is 7.08. The smallest absolute Gasteiger partial charge is 0.127 e. The minimum atomic E-state index is 0.696. The summed E-state index contributed by atoms with van der Waals surface area (Å²) in [4.78, 5) is 0. The molecule has 0 bridgehead atoms. The topological polar surface area (TPSA) is 9.23 Å². The highest BCUT2D eigenvalue weighted by Crippen LogP contribution is 2.34. The molecule has 2 heteroatoms. The largest absolute Gasteiger partial charge is 0.493 e. The number of para-hydroxylation sites is 1. The molecule has 0 aliphatic heterocycles. The van der Waals surface area contributed by atoms with Gasteiger partial charge in [0.15, 0.2) is 0 Å². The van der Waals surface area contributed by atoms with Gasteiger partial charge in [0, 0.05) is 11.4 Å². The molecule has 0 heterocycles. The molecule has 106 valence electrons. The Labute approximate surface area is 126 Å². The molecule has 20 heavy (non-hydrogen) atoms. The normalized spacial score (nSPS) is 10.6. The van der Waals surface area contributed by atoms with Gasteiger partial charge in [-0.3, -0.25) is 0 Å². The van der Waals surface area contributed by atoms with Crippen LogP contribution in [0.3, 0.4) is 0 Å². The molecular formula is C18H21ClO. The molecule has 0 aliphatic carbocycles. The molecule has 0 saturated heterocycles. The number of aryl methyl sites for hydroxylation is 2. The number of alkyl halides is 1.